The van der Waals surface area contributed by atoms with Gasteiger partial charge in [0.15, 0.2) is 0 Å². The van der Waals surface area contributed by atoms with Gasteiger partial charge in [-0.05, 0) is 24.6 Å². The Morgan fingerprint density at radius 3 is 2.61 bits per heavy atom. The lowest BCUT2D eigenvalue weighted by molar-refractivity contribution is -0.121. The summed E-state index contributed by atoms with van der Waals surface area (Å²) in [5.41, 5.74) is 7.21. The molecule has 1 amide bonds. The fourth-order valence-electron chi connectivity index (χ4n) is 1.84. The zero-order chi connectivity index (χ0) is 15.2. The molecule has 0 unspecified atom stereocenters. The molecule has 0 fully saturated rings. The molecule has 1 aromatic carbocycles. The van der Waals surface area contributed by atoms with Gasteiger partial charge in [0, 0.05) is 24.4 Å². The number of carbonyl (C=O) groups is 1. The molecule has 0 bridgehead atoms. The minimum Gasteiger partial charge on any atom is -0.352 e. The topological polar surface area (TPSA) is 68.0 Å². The van der Waals surface area contributed by atoms with Gasteiger partial charge in [-0.2, -0.15) is 0 Å². The van der Waals surface area contributed by atoms with Gasteiger partial charge >= 0.3 is 0 Å². The summed E-state index contributed by atoms with van der Waals surface area (Å²) in [5.74, 6) is -0.323. The van der Waals surface area contributed by atoms with Gasteiger partial charge in [-0.3, -0.25) is 4.79 Å². The van der Waals surface area contributed by atoms with Crippen LogP contribution in [0.5, 0.6) is 0 Å². The summed E-state index contributed by atoms with van der Waals surface area (Å²) < 4.78 is 12.8. The van der Waals surface area contributed by atoms with Crippen molar-refractivity contribution in [1.82, 2.24) is 10.3 Å². The minimum atomic E-state index is -0.246. The molecule has 1 atom stereocenters. The van der Waals surface area contributed by atoms with Gasteiger partial charge in [-0.15, -0.1) is 36.2 Å². The van der Waals surface area contributed by atoms with Crippen LogP contribution in [0, 0.1) is 5.82 Å². The second-order valence-electron chi connectivity index (χ2n) is 4.92. The number of nitrogens with zero attached hydrogens (tertiary/aromatic N) is 1. The molecule has 8 heteroatoms. The Hall–Kier alpha value is -1.21. The number of hydrogen-bond donors (Lipinski definition) is 2. The second kappa shape index (κ2) is 10.5. The van der Waals surface area contributed by atoms with Crippen molar-refractivity contribution in [2.75, 3.05) is 6.54 Å². The van der Waals surface area contributed by atoms with E-state index in [0.717, 1.165) is 16.3 Å². The van der Waals surface area contributed by atoms with E-state index >= 15 is 0 Å². The van der Waals surface area contributed by atoms with E-state index in [1.54, 1.807) is 12.1 Å². The molecule has 0 radical (unpaired) electrons. The molecule has 1 heterocycles. The predicted octanol–water partition coefficient (Wildman–Crippen LogP) is 2.72. The number of rotatable bonds is 6. The largest absolute Gasteiger partial charge is 0.352 e. The molecule has 4 nitrogen and oxygen atoms in total. The Morgan fingerprint density at radius 1 is 1.35 bits per heavy atom. The van der Waals surface area contributed by atoms with Crippen LogP contribution in [-0.2, 0) is 17.6 Å². The number of hydrogen-bond acceptors (Lipinski definition) is 4. The van der Waals surface area contributed by atoms with Crippen molar-refractivity contribution in [3.63, 3.8) is 0 Å². The Kier molecular flexibility index (Phi) is 9.99. The summed E-state index contributed by atoms with van der Waals surface area (Å²) in [6, 6.07) is 6.32. The normalized spacial score (nSPS) is 11.1. The number of amides is 1. The summed E-state index contributed by atoms with van der Waals surface area (Å²) in [5, 5.41) is 5.60. The maximum absolute atomic E-state index is 12.8. The first-order valence-electron chi connectivity index (χ1n) is 6.74. The molecule has 3 N–H and O–H groups in total. The summed E-state index contributed by atoms with van der Waals surface area (Å²) in [4.78, 5) is 16.2. The standard InChI is InChI=1S/C15H18FN3OS.2ClH/c1-10(8-17)18-14(20)7-13-9-21-15(19-13)6-11-2-4-12(16)5-3-11;;/h2-5,9-10H,6-8,17H2,1H3,(H,18,20);2*1H/t10-;;/m0../s1. The van der Waals surface area contributed by atoms with Gasteiger partial charge < -0.3 is 11.1 Å². The third kappa shape index (κ3) is 7.26. The molecule has 0 aliphatic rings. The number of thiazole rings is 1. The van der Waals surface area contributed by atoms with Crippen LogP contribution < -0.4 is 11.1 Å². The highest BCUT2D eigenvalue weighted by molar-refractivity contribution is 7.09. The van der Waals surface area contributed by atoms with Gasteiger partial charge in [-0.25, -0.2) is 9.37 Å². The first-order chi connectivity index (χ1) is 10.1. The third-order valence-electron chi connectivity index (χ3n) is 2.97. The molecular formula is C15H20Cl2FN3OS. The van der Waals surface area contributed by atoms with Crippen LogP contribution in [-0.4, -0.2) is 23.5 Å². The van der Waals surface area contributed by atoms with E-state index in [0.29, 0.717) is 13.0 Å². The molecule has 0 saturated carbocycles. The second-order valence-corrected chi connectivity index (χ2v) is 5.86. The van der Waals surface area contributed by atoms with Crippen LogP contribution in [0.25, 0.3) is 0 Å². The van der Waals surface area contributed by atoms with Gasteiger partial charge in [-0.1, -0.05) is 12.1 Å². The zero-order valence-electron chi connectivity index (χ0n) is 12.6. The monoisotopic (exact) mass is 379 g/mol. The number of carbonyl (C=O) groups excluding carboxylic acids is 1. The Balaban J connectivity index is 0.00000242. The Labute approximate surface area is 151 Å². The number of nitrogens with two attached hydrogens (primary N) is 1. The fraction of sp³-hybridized carbons (Fsp3) is 0.333. The molecule has 2 aromatic rings. The van der Waals surface area contributed by atoms with E-state index in [9.17, 15) is 9.18 Å². The van der Waals surface area contributed by atoms with Crippen molar-refractivity contribution in [1.29, 1.82) is 0 Å². The molecule has 0 aliphatic heterocycles. The highest BCUT2D eigenvalue weighted by Gasteiger charge is 2.10. The average Bonchev–Trinajstić information content (AvgIpc) is 2.88. The van der Waals surface area contributed by atoms with Crippen LogP contribution in [0.2, 0.25) is 0 Å². The first kappa shape index (κ1) is 21.8. The van der Waals surface area contributed by atoms with Crippen LogP contribution >= 0.6 is 36.2 Å². The first-order valence-corrected chi connectivity index (χ1v) is 7.62. The van der Waals surface area contributed by atoms with Crippen LogP contribution in [0.15, 0.2) is 29.6 Å². The highest BCUT2D eigenvalue weighted by Crippen LogP contribution is 2.15. The lowest BCUT2D eigenvalue weighted by atomic mass is 10.1. The van der Waals surface area contributed by atoms with Crippen LogP contribution in [0.4, 0.5) is 4.39 Å². The molecule has 0 spiro atoms. The van der Waals surface area contributed by atoms with Gasteiger partial charge in [0.05, 0.1) is 17.1 Å². The van der Waals surface area contributed by atoms with E-state index in [2.05, 4.69) is 10.3 Å². The molecule has 0 aliphatic carbocycles. The molecule has 1 aromatic heterocycles. The SMILES string of the molecule is C[C@@H](CN)NC(=O)Cc1csc(Cc2ccc(F)cc2)n1.Cl.Cl. The Morgan fingerprint density at radius 2 is 2.00 bits per heavy atom. The van der Waals surface area contributed by atoms with Crippen molar-refractivity contribution in [2.45, 2.75) is 25.8 Å². The smallest absolute Gasteiger partial charge is 0.226 e. The van der Waals surface area contributed by atoms with Gasteiger partial charge in [0.25, 0.3) is 0 Å². The minimum absolute atomic E-state index is 0. The van der Waals surface area contributed by atoms with E-state index < -0.39 is 0 Å². The van der Waals surface area contributed by atoms with E-state index in [-0.39, 0.29) is 49.0 Å². The summed E-state index contributed by atoms with van der Waals surface area (Å²) >= 11 is 1.51. The van der Waals surface area contributed by atoms with Crippen LogP contribution in [0.1, 0.15) is 23.2 Å². The fourth-order valence-corrected chi connectivity index (χ4v) is 2.67. The number of benzene rings is 1. The van der Waals surface area contributed by atoms with Gasteiger partial charge in [0.2, 0.25) is 5.91 Å². The van der Waals surface area contributed by atoms with Crippen molar-refractivity contribution in [2.24, 2.45) is 5.73 Å². The Bertz CT molecular complexity index is 607. The van der Waals surface area contributed by atoms with E-state index in [4.69, 9.17) is 5.73 Å². The summed E-state index contributed by atoms with van der Waals surface area (Å²) in [6.07, 6.45) is 0.899. The molecular weight excluding hydrogens is 360 g/mol. The van der Waals surface area contributed by atoms with Crippen molar-refractivity contribution in [3.05, 3.63) is 51.7 Å². The molecule has 23 heavy (non-hydrogen) atoms. The van der Waals surface area contributed by atoms with Crippen molar-refractivity contribution in [3.8, 4) is 0 Å². The maximum Gasteiger partial charge on any atom is 0.226 e. The maximum atomic E-state index is 12.8. The predicted molar refractivity (Wildman–Crippen MR) is 96.2 cm³/mol. The molecule has 128 valence electrons. The highest BCUT2D eigenvalue weighted by atomic mass is 35.5. The lowest BCUT2D eigenvalue weighted by Gasteiger charge is -2.09. The zero-order valence-corrected chi connectivity index (χ0v) is 15.1. The quantitative estimate of drug-likeness (QED) is 0.810. The molecule has 2 rings (SSSR count). The molecule has 0 saturated heterocycles. The van der Waals surface area contributed by atoms with E-state index in [1.807, 2.05) is 12.3 Å². The van der Waals surface area contributed by atoms with Gasteiger partial charge in [0.1, 0.15) is 5.82 Å². The van der Waals surface area contributed by atoms with Crippen LogP contribution in [0.3, 0.4) is 0 Å². The van der Waals surface area contributed by atoms with Crippen molar-refractivity contribution < 1.29 is 9.18 Å². The average molecular weight is 380 g/mol. The number of nitrogens with one attached hydrogen (secondary N) is 1. The summed E-state index contributed by atoms with van der Waals surface area (Å²) in [6.45, 7) is 2.28. The van der Waals surface area contributed by atoms with E-state index in [1.165, 1.54) is 23.5 Å². The lowest BCUT2D eigenvalue weighted by Crippen LogP contribution is -2.38. The third-order valence-corrected chi connectivity index (χ3v) is 3.87. The summed E-state index contributed by atoms with van der Waals surface area (Å²) in [7, 11) is 0. The number of halogens is 3. The van der Waals surface area contributed by atoms with Crippen molar-refractivity contribution >= 4 is 42.1 Å². The number of aromatic nitrogens is 1.